The van der Waals surface area contributed by atoms with Gasteiger partial charge in [0, 0.05) is 46.4 Å². The average molecular weight is 370 g/mol. The van der Waals surface area contributed by atoms with Crippen molar-refractivity contribution in [1.29, 1.82) is 0 Å². The third kappa shape index (κ3) is 9.38. The summed E-state index contributed by atoms with van der Waals surface area (Å²) in [6, 6.07) is 0.547. The SMILES string of the molecule is CCN1CCCC1CNC(=NCC(=O)N(C)C)NCCCOCC(C)C. The first-order valence-corrected chi connectivity index (χ1v) is 9.98. The van der Waals surface area contributed by atoms with Gasteiger partial charge in [-0.15, -0.1) is 0 Å². The number of carbonyl (C=O) groups excluding carboxylic acids is 1. The molecule has 7 nitrogen and oxygen atoms in total. The van der Waals surface area contributed by atoms with Crippen LogP contribution in [0, 0.1) is 5.92 Å². The molecule has 152 valence electrons. The second-order valence-corrected chi connectivity index (χ2v) is 7.51. The second-order valence-electron chi connectivity index (χ2n) is 7.51. The first-order chi connectivity index (χ1) is 12.4. The molecule has 0 aliphatic carbocycles. The van der Waals surface area contributed by atoms with Gasteiger partial charge in [-0.1, -0.05) is 20.8 Å². The third-order valence-corrected chi connectivity index (χ3v) is 4.49. The summed E-state index contributed by atoms with van der Waals surface area (Å²) in [5.41, 5.74) is 0. The smallest absolute Gasteiger partial charge is 0.243 e. The predicted octanol–water partition coefficient (Wildman–Crippen LogP) is 1.16. The minimum atomic E-state index is 0.00224. The minimum Gasteiger partial charge on any atom is -0.381 e. The van der Waals surface area contributed by atoms with Crippen LogP contribution < -0.4 is 10.6 Å². The molecule has 1 atom stereocenters. The Labute approximate surface area is 159 Å². The Bertz CT molecular complexity index is 426. The number of amides is 1. The molecule has 1 heterocycles. The molecule has 1 unspecified atom stereocenters. The van der Waals surface area contributed by atoms with Gasteiger partial charge in [0.1, 0.15) is 6.54 Å². The Hall–Kier alpha value is -1.34. The van der Waals surface area contributed by atoms with E-state index in [9.17, 15) is 4.79 Å². The molecule has 26 heavy (non-hydrogen) atoms. The lowest BCUT2D eigenvalue weighted by Gasteiger charge is -2.24. The van der Waals surface area contributed by atoms with Gasteiger partial charge in [0.2, 0.25) is 5.91 Å². The van der Waals surface area contributed by atoms with E-state index in [0.29, 0.717) is 17.9 Å². The molecule has 0 spiro atoms. The maximum absolute atomic E-state index is 11.8. The number of hydrogen-bond donors (Lipinski definition) is 2. The van der Waals surface area contributed by atoms with Crippen LogP contribution in [0.15, 0.2) is 4.99 Å². The maximum atomic E-state index is 11.8. The van der Waals surface area contributed by atoms with E-state index in [2.05, 4.69) is 41.3 Å². The fraction of sp³-hybridized carbons (Fsp3) is 0.895. The van der Waals surface area contributed by atoms with Crippen LogP contribution in [-0.4, -0.2) is 87.7 Å². The molecular weight excluding hydrogens is 330 g/mol. The van der Waals surface area contributed by atoms with Crippen molar-refractivity contribution in [2.45, 2.75) is 46.1 Å². The van der Waals surface area contributed by atoms with Crippen molar-refractivity contribution in [2.24, 2.45) is 10.9 Å². The Kier molecular flexibility index (Phi) is 11.3. The monoisotopic (exact) mass is 369 g/mol. The molecule has 0 aromatic carbocycles. The zero-order valence-electron chi connectivity index (χ0n) is 17.4. The topological polar surface area (TPSA) is 69.2 Å². The van der Waals surface area contributed by atoms with E-state index in [4.69, 9.17) is 4.74 Å². The fourth-order valence-corrected chi connectivity index (χ4v) is 2.92. The summed E-state index contributed by atoms with van der Waals surface area (Å²) in [6.07, 6.45) is 3.39. The predicted molar refractivity (Wildman–Crippen MR) is 108 cm³/mol. The Morgan fingerprint density at radius 1 is 1.35 bits per heavy atom. The van der Waals surface area contributed by atoms with Crippen LogP contribution in [0.25, 0.3) is 0 Å². The van der Waals surface area contributed by atoms with Crippen LogP contribution in [0.2, 0.25) is 0 Å². The molecule has 1 fully saturated rings. The summed E-state index contributed by atoms with van der Waals surface area (Å²) >= 11 is 0. The third-order valence-electron chi connectivity index (χ3n) is 4.49. The summed E-state index contributed by atoms with van der Waals surface area (Å²) < 4.78 is 5.61. The van der Waals surface area contributed by atoms with Crippen LogP contribution in [-0.2, 0) is 9.53 Å². The van der Waals surface area contributed by atoms with E-state index < -0.39 is 0 Å². The molecule has 0 aromatic rings. The van der Waals surface area contributed by atoms with Gasteiger partial charge in [0.05, 0.1) is 0 Å². The number of ether oxygens (including phenoxy) is 1. The van der Waals surface area contributed by atoms with Crippen molar-refractivity contribution in [3.05, 3.63) is 0 Å². The Balaban J connectivity index is 2.42. The van der Waals surface area contributed by atoms with Gasteiger partial charge in [-0.25, -0.2) is 4.99 Å². The summed E-state index contributed by atoms with van der Waals surface area (Å²) in [5, 5.41) is 6.74. The molecule has 0 saturated carbocycles. The largest absolute Gasteiger partial charge is 0.381 e. The van der Waals surface area contributed by atoms with Crippen molar-refractivity contribution in [3.8, 4) is 0 Å². The number of likely N-dealkylation sites (tertiary alicyclic amines) is 1. The van der Waals surface area contributed by atoms with E-state index in [1.54, 1.807) is 19.0 Å². The number of nitrogens with zero attached hydrogens (tertiary/aromatic N) is 3. The highest BCUT2D eigenvalue weighted by Gasteiger charge is 2.22. The lowest BCUT2D eigenvalue weighted by Crippen LogP contribution is -2.45. The standard InChI is InChI=1S/C19H39N5O2/c1-6-24-11-7-9-17(24)13-21-19(22-14-18(25)23(4)5)20-10-8-12-26-15-16(2)3/h16-17H,6-15H2,1-5H3,(H2,20,21,22). The van der Waals surface area contributed by atoms with Crippen molar-refractivity contribution < 1.29 is 9.53 Å². The summed E-state index contributed by atoms with van der Waals surface area (Å²) in [6.45, 7) is 12.1. The van der Waals surface area contributed by atoms with Gasteiger partial charge < -0.3 is 20.3 Å². The quantitative estimate of drug-likeness (QED) is 0.325. The zero-order valence-corrected chi connectivity index (χ0v) is 17.4. The molecule has 0 aromatic heterocycles. The number of nitrogens with one attached hydrogen (secondary N) is 2. The Morgan fingerprint density at radius 2 is 2.12 bits per heavy atom. The molecule has 1 amide bonds. The van der Waals surface area contributed by atoms with Crippen molar-refractivity contribution in [1.82, 2.24) is 20.4 Å². The number of rotatable bonds is 11. The van der Waals surface area contributed by atoms with Crippen LogP contribution in [0.5, 0.6) is 0 Å². The van der Waals surface area contributed by atoms with Crippen molar-refractivity contribution >= 4 is 11.9 Å². The van der Waals surface area contributed by atoms with Crippen molar-refractivity contribution in [3.63, 3.8) is 0 Å². The van der Waals surface area contributed by atoms with Crippen LogP contribution >= 0.6 is 0 Å². The zero-order chi connectivity index (χ0) is 19.4. The number of aliphatic imine (C=N–C) groups is 1. The first kappa shape index (κ1) is 22.7. The summed E-state index contributed by atoms with van der Waals surface area (Å²) in [4.78, 5) is 20.3. The number of hydrogen-bond acceptors (Lipinski definition) is 4. The lowest BCUT2D eigenvalue weighted by atomic mass is 10.2. The average Bonchev–Trinajstić information content (AvgIpc) is 3.06. The fourth-order valence-electron chi connectivity index (χ4n) is 2.92. The molecule has 0 radical (unpaired) electrons. The normalized spacial score (nSPS) is 18.4. The Morgan fingerprint density at radius 3 is 2.77 bits per heavy atom. The molecule has 0 bridgehead atoms. The van der Waals surface area contributed by atoms with E-state index >= 15 is 0 Å². The number of guanidine groups is 1. The highest BCUT2D eigenvalue weighted by molar-refractivity contribution is 5.84. The molecule has 2 N–H and O–H groups in total. The van der Waals surface area contributed by atoms with E-state index in [-0.39, 0.29) is 12.5 Å². The van der Waals surface area contributed by atoms with Crippen LogP contribution in [0.1, 0.15) is 40.0 Å². The molecule has 7 heteroatoms. The molecule has 1 rings (SSSR count). The molecule has 1 aliphatic heterocycles. The van der Waals surface area contributed by atoms with Gasteiger partial charge in [0.15, 0.2) is 5.96 Å². The lowest BCUT2D eigenvalue weighted by molar-refractivity contribution is -0.127. The van der Waals surface area contributed by atoms with Crippen molar-refractivity contribution in [2.75, 3.05) is 60.0 Å². The van der Waals surface area contributed by atoms with Crippen LogP contribution in [0.4, 0.5) is 0 Å². The second kappa shape index (κ2) is 12.9. The van der Waals surface area contributed by atoms with Gasteiger partial charge in [0.25, 0.3) is 0 Å². The molecule has 1 saturated heterocycles. The number of likely N-dealkylation sites (N-methyl/N-ethyl adjacent to an activating group) is 2. The van der Waals surface area contributed by atoms with Gasteiger partial charge in [-0.05, 0) is 38.3 Å². The first-order valence-electron chi connectivity index (χ1n) is 9.98. The summed E-state index contributed by atoms with van der Waals surface area (Å²) in [5.74, 6) is 1.28. The summed E-state index contributed by atoms with van der Waals surface area (Å²) in [7, 11) is 3.50. The maximum Gasteiger partial charge on any atom is 0.243 e. The number of carbonyl (C=O) groups is 1. The van der Waals surface area contributed by atoms with E-state index in [1.165, 1.54) is 19.4 Å². The van der Waals surface area contributed by atoms with E-state index in [1.807, 2.05) is 0 Å². The van der Waals surface area contributed by atoms with Gasteiger partial charge in [-0.2, -0.15) is 0 Å². The molecular formula is C19H39N5O2. The van der Waals surface area contributed by atoms with Gasteiger partial charge >= 0.3 is 0 Å². The van der Waals surface area contributed by atoms with E-state index in [0.717, 1.165) is 39.3 Å². The molecule has 1 aliphatic rings. The highest BCUT2D eigenvalue weighted by atomic mass is 16.5. The highest BCUT2D eigenvalue weighted by Crippen LogP contribution is 2.15. The van der Waals surface area contributed by atoms with Gasteiger partial charge in [-0.3, -0.25) is 9.69 Å². The minimum absolute atomic E-state index is 0.00224. The van der Waals surface area contributed by atoms with Crippen LogP contribution in [0.3, 0.4) is 0 Å².